The molecule has 3 nitrogen and oxygen atoms in total. The van der Waals surface area contributed by atoms with Crippen molar-refractivity contribution in [1.82, 2.24) is 0 Å². The molecule has 0 bridgehead atoms. The molecule has 1 aliphatic rings. The van der Waals surface area contributed by atoms with Gasteiger partial charge in [0.1, 0.15) is 5.75 Å². The fraction of sp³-hybridized carbons (Fsp3) is 0.320. The summed E-state index contributed by atoms with van der Waals surface area (Å²) in [6.07, 6.45) is 1.57. The predicted molar refractivity (Wildman–Crippen MR) is 115 cm³/mol. The monoisotopic (exact) mass is 373 g/mol. The summed E-state index contributed by atoms with van der Waals surface area (Å²) in [6.45, 7) is 8.32. The number of anilines is 1. The first kappa shape index (κ1) is 18.5. The second-order valence-electron chi connectivity index (χ2n) is 8.64. The molecule has 3 aromatic rings. The lowest BCUT2D eigenvalue weighted by Crippen LogP contribution is -2.30. The summed E-state index contributed by atoms with van der Waals surface area (Å²) in [5.41, 5.74) is 4.92. The summed E-state index contributed by atoms with van der Waals surface area (Å²) >= 11 is 0. The fourth-order valence-electron chi connectivity index (χ4n) is 3.88. The van der Waals surface area contributed by atoms with Gasteiger partial charge in [0, 0.05) is 11.1 Å². The molecule has 1 aliphatic carbocycles. The van der Waals surface area contributed by atoms with Gasteiger partial charge in [0.25, 0.3) is 5.91 Å². The Bertz CT molecular complexity index is 1020. The molecule has 28 heavy (non-hydrogen) atoms. The van der Waals surface area contributed by atoms with Gasteiger partial charge < -0.3 is 10.1 Å². The van der Waals surface area contributed by atoms with Crippen LogP contribution in [-0.4, -0.2) is 12.0 Å². The van der Waals surface area contributed by atoms with E-state index in [1.165, 1.54) is 22.1 Å². The van der Waals surface area contributed by atoms with Crippen molar-refractivity contribution in [1.29, 1.82) is 0 Å². The lowest BCUT2D eigenvalue weighted by Gasteiger charge is -2.20. The number of amides is 1. The molecule has 1 N–H and O–H groups in total. The quantitative estimate of drug-likeness (QED) is 0.642. The van der Waals surface area contributed by atoms with E-state index in [-0.39, 0.29) is 11.3 Å². The highest BCUT2D eigenvalue weighted by molar-refractivity contribution is 6.06. The van der Waals surface area contributed by atoms with Crippen molar-refractivity contribution in [2.45, 2.75) is 52.1 Å². The van der Waals surface area contributed by atoms with Crippen LogP contribution in [0.15, 0.2) is 54.6 Å². The molecule has 0 aromatic heterocycles. The second-order valence-corrected chi connectivity index (χ2v) is 8.64. The highest BCUT2D eigenvalue weighted by atomic mass is 16.5. The van der Waals surface area contributed by atoms with Gasteiger partial charge in [-0.2, -0.15) is 0 Å². The fourth-order valence-corrected chi connectivity index (χ4v) is 3.88. The zero-order valence-electron chi connectivity index (χ0n) is 17.0. The number of rotatable bonds is 4. The van der Waals surface area contributed by atoms with Gasteiger partial charge in [-0.3, -0.25) is 4.79 Å². The number of nitrogens with one attached hydrogen (secondary N) is 1. The van der Waals surface area contributed by atoms with Gasteiger partial charge in [-0.25, -0.2) is 0 Å². The average Bonchev–Trinajstić information content (AvgIpc) is 3.08. The van der Waals surface area contributed by atoms with Gasteiger partial charge in [0.15, 0.2) is 6.10 Å². The number of hydrogen-bond donors (Lipinski definition) is 1. The average molecular weight is 373 g/mol. The first-order valence-corrected chi connectivity index (χ1v) is 9.94. The van der Waals surface area contributed by atoms with Crippen LogP contribution in [0, 0.1) is 0 Å². The van der Waals surface area contributed by atoms with E-state index in [0.717, 1.165) is 23.9 Å². The smallest absolute Gasteiger partial charge is 0.265 e. The molecule has 0 radical (unpaired) electrons. The van der Waals surface area contributed by atoms with Gasteiger partial charge in [-0.05, 0) is 65.5 Å². The van der Waals surface area contributed by atoms with Crippen LogP contribution in [0.1, 0.15) is 44.4 Å². The van der Waals surface area contributed by atoms with Crippen LogP contribution in [0.25, 0.3) is 10.8 Å². The zero-order chi connectivity index (χ0) is 19.9. The molecule has 0 heterocycles. The third-order valence-electron chi connectivity index (χ3n) is 5.54. The SMILES string of the molecule is CC(Oc1ccc(C(C)(C)C)cc1)C(=O)Nc1ccc2c3c(cccc13)CC2. The minimum Gasteiger partial charge on any atom is -0.481 e. The van der Waals surface area contributed by atoms with Gasteiger partial charge in [0.05, 0.1) is 0 Å². The van der Waals surface area contributed by atoms with Crippen LogP contribution in [0.5, 0.6) is 5.75 Å². The van der Waals surface area contributed by atoms with Crippen LogP contribution >= 0.6 is 0 Å². The molecule has 0 spiro atoms. The topological polar surface area (TPSA) is 38.3 Å². The Balaban J connectivity index is 1.49. The van der Waals surface area contributed by atoms with E-state index in [2.05, 4.69) is 62.5 Å². The summed E-state index contributed by atoms with van der Waals surface area (Å²) in [4.78, 5) is 12.7. The minimum atomic E-state index is -0.580. The van der Waals surface area contributed by atoms with Crippen molar-refractivity contribution in [2.75, 3.05) is 5.32 Å². The van der Waals surface area contributed by atoms with E-state index in [9.17, 15) is 4.79 Å². The lowest BCUT2D eigenvalue weighted by molar-refractivity contribution is -0.122. The maximum Gasteiger partial charge on any atom is 0.265 e. The van der Waals surface area contributed by atoms with E-state index < -0.39 is 6.10 Å². The van der Waals surface area contributed by atoms with Crippen LogP contribution in [0.2, 0.25) is 0 Å². The summed E-state index contributed by atoms with van der Waals surface area (Å²) in [7, 11) is 0. The summed E-state index contributed by atoms with van der Waals surface area (Å²) in [5.74, 6) is 0.564. The summed E-state index contributed by atoms with van der Waals surface area (Å²) < 4.78 is 5.88. The van der Waals surface area contributed by atoms with Crippen molar-refractivity contribution >= 4 is 22.4 Å². The Morgan fingerprint density at radius 1 is 0.964 bits per heavy atom. The Morgan fingerprint density at radius 3 is 2.32 bits per heavy atom. The van der Waals surface area contributed by atoms with Crippen molar-refractivity contribution < 1.29 is 9.53 Å². The minimum absolute atomic E-state index is 0.0945. The molecule has 1 amide bonds. The Labute approximate surface area is 166 Å². The number of hydrogen-bond acceptors (Lipinski definition) is 2. The number of ether oxygens (including phenoxy) is 1. The zero-order valence-corrected chi connectivity index (χ0v) is 17.0. The Hall–Kier alpha value is -2.81. The Morgan fingerprint density at radius 2 is 1.64 bits per heavy atom. The molecule has 3 heteroatoms. The molecule has 0 saturated carbocycles. The van der Waals surface area contributed by atoms with Crippen LogP contribution < -0.4 is 10.1 Å². The molecular formula is C25H27NO2. The highest BCUT2D eigenvalue weighted by Gasteiger charge is 2.20. The molecule has 0 saturated heterocycles. The van der Waals surface area contributed by atoms with E-state index in [1.54, 1.807) is 6.92 Å². The Kier molecular flexibility index (Phi) is 4.62. The van der Waals surface area contributed by atoms with Gasteiger partial charge >= 0.3 is 0 Å². The van der Waals surface area contributed by atoms with Gasteiger partial charge in [0.2, 0.25) is 0 Å². The van der Waals surface area contributed by atoms with Gasteiger partial charge in [-0.1, -0.05) is 57.2 Å². The van der Waals surface area contributed by atoms with Gasteiger partial charge in [-0.15, -0.1) is 0 Å². The molecule has 4 rings (SSSR count). The number of carbonyl (C=O) groups excluding carboxylic acids is 1. The molecule has 0 fully saturated rings. The maximum atomic E-state index is 12.7. The third-order valence-corrected chi connectivity index (χ3v) is 5.54. The van der Waals surface area contributed by atoms with Crippen molar-refractivity contribution in [3.05, 3.63) is 71.3 Å². The number of aryl methyl sites for hydroxylation is 2. The largest absolute Gasteiger partial charge is 0.481 e. The first-order valence-electron chi connectivity index (χ1n) is 9.94. The number of benzene rings is 3. The molecule has 3 aromatic carbocycles. The van der Waals surface area contributed by atoms with Crippen LogP contribution in [0.3, 0.4) is 0 Å². The van der Waals surface area contributed by atoms with Crippen LogP contribution in [-0.2, 0) is 23.1 Å². The lowest BCUT2D eigenvalue weighted by atomic mass is 9.87. The molecule has 1 atom stereocenters. The maximum absolute atomic E-state index is 12.7. The van der Waals surface area contributed by atoms with E-state index in [4.69, 9.17) is 4.74 Å². The first-order chi connectivity index (χ1) is 13.3. The van der Waals surface area contributed by atoms with Crippen molar-refractivity contribution in [2.24, 2.45) is 0 Å². The van der Waals surface area contributed by atoms with Crippen molar-refractivity contribution in [3.63, 3.8) is 0 Å². The molecule has 144 valence electrons. The van der Waals surface area contributed by atoms with E-state index >= 15 is 0 Å². The second kappa shape index (κ2) is 6.97. The summed E-state index contributed by atoms with van der Waals surface area (Å²) in [6, 6.07) is 18.5. The number of carbonyl (C=O) groups is 1. The molecule has 0 aliphatic heterocycles. The van der Waals surface area contributed by atoms with Crippen LogP contribution in [0.4, 0.5) is 5.69 Å². The van der Waals surface area contributed by atoms with E-state index in [1.807, 2.05) is 18.2 Å². The van der Waals surface area contributed by atoms with Crippen molar-refractivity contribution in [3.8, 4) is 5.75 Å². The standard InChI is InChI=1S/C25H27NO2/c1-16(28-20-13-11-19(12-14-20)25(2,3)4)24(27)26-22-15-10-18-9-8-17-6-5-7-21(22)23(17)18/h5-7,10-16H,8-9H2,1-4H3,(H,26,27). The van der Waals surface area contributed by atoms with E-state index in [0.29, 0.717) is 5.75 Å². The summed E-state index contributed by atoms with van der Waals surface area (Å²) in [5, 5.41) is 5.47. The predicted octanol–water partition coefficient (Wildman–Crippen LogP) is 5.64. The molecule has 1 unspecified atom stereocenters. The third kappa shape index (κ3) is 3.49. The highest BCUT2D eigenvalue weighted by Crippen LogP contribution is 2.35. The molecular weight excluding hydrogens is 346 g/mol. The normalized spacial score (nSPS) is 14.1.